The zero-order valence-electron chi connectivity index (χ0n) is 16.0. The van der Waals surface area contributed by atoms with Crippen LogP contribution in [0, 0.1) is 6.92 Å². The van der Waals surface area contributed by atoms with Crippen molar-refractivity contribution in [1.29, 1.82) is 0 Å². The topological polar surface area (TPSA) is 48.0 Å². The predicted molar refractivity (Wildman–Crippen MR) is 105 cm³/mol. The Labute approximate surface area is 157 Å². The van der Waals surface area contributed by atoms with Gasteiger partial charge in [0.1, 0.15) is 0 Å². The molecule has 0 unspecified atom stereocenters. The van der Waals surface area contributed by atoms with Gasteiger partial charge in [0.15, 0.2) is 0 Å². The second-order valence-corrected chi connectivity index (χ2v) is 7.22. The van der Waals surface area contributed by atoms with Crippen molar-refractivity contribution in [3.63, 3.8) is 0 Å². The van der Waals surface area contributed by atoms with E-state index in [4.69, 9.17) is 4.74 Å². The zero-order valence-corrected chi connectivity index (χ0v) is 16.0. The molecule has 26 heavy (non-hydrogen) atoms. The standard InChI is InChI=1S/C20H32N4O2/c1-18-3-2-4-19(17-18)24-11-9-22(10-12-24)7-5-20(25)21-6-8-23-13-15-26-16-14-23/h2-4,17H,5-16H2,1H3,(H,21,25). The van der Waals surface area contributed by atoms with Gasteiger partial charge in [0.05, 0.1) is 13.2 Å². The van der Waals surface area contributed by atoms with Gasteiger partial charge in [-0.15, -0.1) is 0 Å². The monoisotopic (exact) mass is 360 g/mol. The number of nitrogens with one attached hydrogen (secondary N) is 1. The SMILES string of the molecule is Cc1cccc(N2CCN(CCC(=O)NCCN3CCOCC3)CC2)c1. The van der Waals surface area contributed by atoms with Crippen LogP contribution in [0.15, 0.2) is 24.3 Å². The zero-order chi connectivity index (χ0) is 18.2. The Balaban J connectivity index is 1.29. The molecule has 0 spiro atoms. The summed E-state index contributed by atoms with van der Waals surface area (Å²) in [7, 11) is 0. The molecule has 0 atom stereocenters. The van der Waals surface area contributed by atoms with Crippen LogP contribution in [0.4, 0.5) is 5.69 Å². The van der Waals surface area contributed by atoms with Gasteiger partial charge < -0.3 is 15.0 Å². The molecule has 6 heteroatoms. The van der Waals surface area contributed by atoms with Gasteiger partial charge >= 0.3 is 0 Å². The second kappa shape index (κ2) is 9.90. The molecule has 144 valence electrons. The molecule has 0 radical (unpaired) electrons. The minimum absolute atomic E-state index is 0.166. The molecule has 3 rings (SSSR count). The van der Waals surface area contributed by atoms with Crippen molar-refractivity contribution in [3.8, 4) is 0 Å². The van der Waals surface area contributed by atoms with Gasteiger partial charge in [0.2, 0.25) is 5.91 Å². The highest BCUT2D eigenvalue weighted by Gasteiger charge is 2.18. The van der Waals surface area contributed by atoms with E-state index in [1.165, 1.54) is 11.3 Å². The highest BCUT2D eigenvalue weighted by Crippen LogP contribution is 2.17. The van der Waals surface area contributed by atoms with Crippen LogP contribution >= 0.6 is 0 Å². The van der Waals surface area contributed by atoms with Gasteiger partial charge in [-0.25, -0.2) is 0 Å². The van der Waals surface area contributed by atoms with Crippen molar-refractivity contribution in [2.45, 2.75) is 13.3 Å². The summed E-state index contributed by atoms with van der Waals surface area (Å²) in [5, 5.41) is 3.05. The molecule has 2 aliphatic heterocycles. The summed E-state index contributed by atoms with van der Waals surface area (Å²) in [4.78, 5) is 19.2. The maximum absolute atomic E-state index is 12.1. The summed E-state index contributed by atoms with van der Waals surface area (Å²) in [5.41, 5.74) is 2.61. The van der Waals surface area contributed by atoms with E-state index in [0.717, 1.165) is 72.1 Å². The Morgan fingerprint density at radius 3 is 2.50 bits per heavy atom. The van der Waals surface area contributed by atoms with Gasteiger partial charge in [0, 0.05) is 71.0 Å². The van der Waals surface area contributed by atoms with Crippen LogP contribution in [0.25, 0.3) is 0 Å². The van der Waals surface area contributed by atoms with Gasteiger partial charge in [-0.3, -0.25) is 14.6 Å². The van der Waals surface area contributed by atoms with Crippen LogP contribution in [-0.4, -0.2) is 87.8 Å². The lowest BCUT2D eigenvalue weighted by Gasteiger charge is -2.36. The van der Waals surface area contributed by atoms with Crippen LogP contribution in [0.1, 0.15) is 12.0 Å². The normalized spacial score (nSPS) is 19.5. The number of amides is 1. The van der Waals surface area contributed by atoms with E-state index >= 15 is 0 Å². The van der Waals surface area contributed by atoms with Crippen LogP contribution < -0.4 is 10.2 Å². The largest absolute Gasteiger partial charge is 0.379 e. The summed E-state index contributed by atoms with van der Waals surface area (Å²) in [6, 6.07) is 8.69. The van der Waals surface area contributed by atoms with Crippen molar-refractivity contribution in [3.05, 3.63) is 29.8 Å². The number of piperazine rings is 1. The first-order chi connectivity index (χ1) is 12.7. The highest BCUT2D eigenvalue weighted by atomic mass is 16.5. The Bertz CT molecular complexity index is 567. The highest BCUT2D eigenvalue weighted by molar-refractivity contribution is 5.76. The minimum atomic E-state index is 0.166. The molecule has 0 aliphatic carbocycles. The van der Waals surface area contributed by atoms with Crippen LogP contribution in [0.3, 0.4) is 0 Å². The molecular weight excluding hydrogens is 328 g/mol. The molecule has 2 aliphatic rings. The van der Waals surface area contributed by atoms with Gasteiger partial charge in [-0.1, -0.05) is 12.1 Å². The summed E-state index contributed by atoms with van der Waals surface area (Å²) in [5.74, 6) is 0.166. The lowest BCUT2D eigenvalue weighted by molar-refractivity contribution is -0.121. The number of hydrogen-bond acceptors (Lipinski definition) is 5. The quantitative estimate of drug-likeness (QED) is 0.785. The molecule has 1 aromatic rings. The van der Waals surface area contributed by atoms with Gasteiger partial charge in [0.25, 0.3) is 0 Å². The molecule has 0 saturated carbocycles. The smallest absolute Gasteiger partial charge is 0.221 e. The number of morpholine rings is 1. The number of nitrogens with zero attached hydrogens (tertiary/aromatic N) is 3. The fourth-order valence-electron chi connectivity index (χ4n) is 3.58. The Kier molecular flexibility index (Phi) is 7.29. The average Bonchev–Trinajstić information content (AvgIpc) is 2.68. The molecule has 0 bridgehead atoms. The molecule has 6 nitrogen and oxygen atoms in total. The summed E-state index contributed by atoms with van der Waals surface area (Å²) < 4.78 is 5.34. The number of carbonyl (C=O) groups excluding carboxylic acids is 1. The van der Waals surface area contributed by atoms with E-state index < -0.39 is 0 Å². The molecule has 1 amide bonds. The lowest BCUT2D eigenvalue weighted by Crippen LogP contribution is -2.47. The fourth-order valence-corrected chi connectivity index (χ4v) is 3.58. The van der Waals surface area contributed by atoms with Crippen LogP contribution in [0.2, 0.25) is 0 Å². The molecule has 2 saturated heterocycles. The van der Waals surface area contributed by atoms with Crippen molar-refractivity contribution in [1.82, 2.24) is 15.1 Å². The number of aryl methyl sites for hydroxylation is 1. The van der Waals surface area contributed by atoms with E-state index in [-0.39, 0.29) is 5.91 Å². The first kappa shape index (κ1) is 19.1. The number of rotatable bonds is 7. The Hall–Kier alpha value is -1.63. The summed E-state index contributed by atoms with van der Waals surface area (Å²) >= 11 is 0. The van der Waals surface area contributed by atoms with E-state index in [2.05, 4.69) is 51.2 Å². The third-order valence-corrected chi connectivity index (χ3v) is 5.25. The van der Waals surface area contributed by atoms with Gasteiger partial charge in [-0.2, -0.15) is 0 Å². The molecular formula is C20H32N4O2. The van der Waals surface area contributed by atoms with E-state index in [9.17, 15) is 4.79 Å². The molecule has 2 heterocycles. The second-order valence-electron chi connectivity index (χ2n) is 7.22. The molecule has 1 N–H and O–H groups in total. The van der Waals surface area contributed by atoms with Crippen LogP contribution in [-0.2, 0) is 9.53 Å². The van der Waals surface area contributed by atoms with E-state index in [1.807, 2.05) is 0 Å². The number of anilines is 1. The average molecular weight is 361 g/mol. The van der Waals surface area contributed by atoms with E-state index in [0.29, 0.717) is 6.42 Å². The van der Waals surface area contributed by atoms with E-state index in [1.54, 1.807) is 0 Å². The number of carbonyl (C=O) groups is 1. The minimum Gasteiger partial charge on any atom is -0.379 e. The Morgan fingerprint density at radius 1 is 1.04 bits per heavy atom. The maximum Gasteiger partial charge on any atom is 0.221 e. The number of ether oxygens (including phenoxy) is 1. The maximum atomic E-state index is 12.1. The third kappa shape index (κ3) is 5.97. The molecule has 1 aromatic carbocycles. The van der Waals surface area contributed by atoms with Crippen molar-refractivity contribution < 1.29 is 9.53 Å². The molecule has 0 aromatic heterocycles. The molecule has 2 fully saturated rings. The number of benzene rings is 1. The van der Waals surface area contributed by atoms with Crippen molar-refractivity contribution in [2.24, 2.45) is 0 Å². The predicted octanol–water partition coefficient (Wildman–Crippen LogP) is 0.956. The van der Waals surface area contributed by atoms with Crippen molar-refractivity contribution in [2.75, 3.05) is 77.0 Å². The Morgan fingerprint density at radius 2 is 1.77 bits per heavy atom. The van der Waals surface area contributed by atoms with Gasteiger partial charge in [-0.05, 0) is 24.6 Å². The first-order valence-corrected chi connectivity index (χ1v) is 9.81. The lowest BCUT2D eigenvalue weighted by atomic mass is 10.2. The van der Waals surface area contributed by atoms with Crippen molar-refractivity contribution >= 4 is 11.6 Å². The number of hydrogen-bond donors (Lipinski definition) is 1. The summed E-state index contributed by atoms with van der Waals surface area (Å²) in [6.07, 6.45) is 0.591. The first-order valence-electron chi connectivity index (χ1n) is 9.81. The summed E-state index contributed by atoms with van der Waals surface area (Å²) in [6.45, 7) is 12.3. The fraction of sp³-hybridized carbons (Fsp3) is 0.650. The van der Waals surface area contributed by atoms with Crippen LogP contribution in [0.5, 0.6) is 0 Å². The third-order valence-electron chi connectivity index (χ3n) is 5.25.